The maximum atomic E-state index is 13.9. The minimum Gasteiger partial charge on any atom is -0.381 e. The summed E-state index contributed by atoms with van der Waals surface area (Å²) in [5, 5.41) is 4.28. The number of hydrogen-bond donors (Lipinski definition) is 1. The second-order valence-corrected chi connectivity index (χ2v) is 5.10. The van der Waals surface area contributed by atoms with Gasteiger partial charge in [-0.2, -0.15) is 5.10 Å². The van der Waals surface area contributed by atoms with Gasteiger partial charge < -0.3 is 5.73 Å². The topological polar surface area (TPSA) is 43.8 Å². The van der Waals surface area contributed by atoms with Crippen LogP contribution < -0.4 is 5.73 Å². The van der Waals surface area contributed by atoms with Crippen molar-refractivity contribution in [1.82, 2.24) is 9.78 Å². The number of nitrogens with zero attached hydrogens (tertiary/aromatic N) is 2. The molecule has 3 nitrogen and oxygen atoms in total. The van der Waals surface area contributed by atoms with Gasteiger partial charge in [0, 0.05) is 12.5 Å². The zero-order valence-corrected chi connectivity index (χ0v) is 8.96. The van der Waals surface area contributed by atoms with E-state index in [1.54, 1.807) is 7.05 Å². The first kappa shape index (κ1) is 9.19. The van der Waals surface area contributed by atoms with Crippen LogP contribution in [-0.2, 0) is 12.5 Å². The molecule has 4 heteroatoms. The molecule has 0 aromatic carbocycles. The third-order valence-corrected chi connectivity index (χ3v) is 4.28. The van der Waals surface area contributed by atoms with E-state index in [4.69, 9.17) is 5.73 Å². The normalized spacial score (nSPS) is 33.9. The number of aryl methyl sites for hydroxylation is 1. The number of anilines is 1. The molecular weight excluding hydrogens is 193 g/mol. The summed E-state index contributed by atoms with van der Waals surface area (Å²) in [4.78, 5) is 0. The molecule has 2 saturated carbocycles. The Morgan fingerprint density at radius 1 is 1.47 bits per heavy atom. The van der Waals surface area contributed by atoms with Gasteiger partial charge in [-0.3, -0.25) is 4.68 Å². The van der Waals surface area contributed by atoms with Gasteiger partial charge in [0.1, 0.15) is 5.69 Å². The average Bonchev–Trinajstić information content (AvgIpc) is 2.89. The molecular formula is C11H16FN3. The summed E-state index contributed by atoms with van der Waals surface area (Å²) >= 11 is 0. The quantitative estimate of drug-likeness (QED) is 0.768. The van der Waals surface area contributed by atoms with E-state index < -0.39 is 0 Å². The van der Waals surface area contributed by atoms with E-state index in [1.807, 2.05) is 0 Å². The van der Waals surface area contributed by atoms with Crippen molar-refractivity contribution in [2.45, 2.75) is 37.5 Å². The smallest absolute Gasteiger partial charge is 0.188 e. The molecule has 82 valence electrons. The first-order valence-electron chi connectivity index (χ1n) is 5.61. The molecule has 15 heavy (non-hydrogen) atoms. The minimum atomic E-state index is -0.278. The first-order chi connectivity index (χ1) is 7.12. The molecule has 0 amide bonds. The van der Waals surface area contributed by atoms with Crippen molar-refractivity contribution in [3.05, 3.63) is 11.5 Å². The van der Waals surface area contributed by atoms with Crippen molar-refractivity contribution >= 4 is 5.82 Å². The number of aromatic nitrogens is 2. The lowest BCUT2D eigenvalue weighted by Crippen LogP contribution is -2.21. The van der Waals surface area contributed by atoms with Crippen molar-refractivity contribution in [2.24, 2.45) is 13.0 Å². The molecule has 1 aromatic rings. The largest absolute Gasteiger partial charge is 0.381 e. The molecule has 0 radical (unpaired) electrons. The molecule has 0 spiro atoms. The Morgan fingerprint density at radius 3 is 2.53 bits per heavy atom. The standard InChI is InChI=1S/C11H16FN3/c1-15-10(13)8(12)9(14-15)11-4-2-7(6-11)3-5-11/h7H,2-6,13H2,1H3. The highest BCUT2D eigenvalue weighted by molar-refractivity contribution is 5.38. The monoisotopic (exact) mass is 209 g/mol. The molecule has 1 aromatic heterocycles. The SMILES string of the molecule is Cn1nc(C23CCC(CC2)C3)c(F)c1N. The third-order valence-electron chi connectivity index (χ3n) is 4.28. The van der Waals surface area contributed by atoms with Crippen LogP contribution in [0.25, 0.3) is 0 Å². The summed E-state index contributed by atoms with van der Waals surface area (Å²) in [7, 11) is 1.71. The Morgan fingerprint density at radius 2 is 2.13 bits per heavy atom. The van der Waals surface area contributed by atoms with Crippen LogP contribution in [0, 0.1) is 11.7 Å². The highest BCUT2D eigenvalue weighted by Gasteiger charge is 2.49. The van der Waals surface area contributed by atoms with Gasteiger partial charge in [0.25, 0.3) is 0 Å². The van der Waals surface area contributed by atoms with Crippen LogP contribution in [0.2, 0.25) is 0 Å². The Balaban J connectivity index is 2.09. The van der Waals surface area contributed by atoms with E-state index in [-0.39, 0.29) is 17.1 Å². The van der Waals surface area contributed by atoms with Gasteiger partial charge in [-0.25, -0.2) is 4.39 Å². The maximum absolute atomic E-state index is 13.9. The number of nitrogen functional groups attached to an aromatic ring is 1. The molecule has 2 aliphatic rings. The zero-order valence-electron chi connectivity index (χ0n) is 8.96. The number of fused-ring (bicyclic) bond motifs is 2. The second kappa shape index (κ2) is 2.74. The molecule has 2 aliphatic carbocycles. The Hall–Kier alpha value is -1.06. The fourth-order valence-electron chi connectivity index (χ4n) is 3.37. The lowest BCUT2D eigenvalue weighted by atomic mass is 9.81. The molecule has 2 fully saturated rings. The summed E-state index contributed by atoms with van der Waals surface area (Å²) < 4.78 is 15.4. The molecule has 0 atom stereocenters. The van der Waals surface area contributed by atoms with E-state index >= 15 is 0 Å². The van der Waals surface area contributed by atoms with Crippen LogP contribution in [0.3, 0.4) is 0 Å². The molecule has 2 bridgehead atoms. The minimum absolute atomic E-state index is 0.0180. The number of hydrogen-bond acceptors (Lipinski definition) is 2. The van der Waals surface area contributed by atoms with Gasteiger partial charge >= 0.3 is 0 Å². The van der Waals surface area contributed by atoms with Gasteiger partial charge in [0.15, 0.2) is 11.6 Å². The second-order valence-electron chi connectivity index (χ2n) is 5.10. The van der Waals surface area contributed by atoms with E-state index in [9.17, 15) is 4.39 Å². The summed E-state index contributed by atoms with van der Waals surface area (Å²) in [6.45, 7) is 0. The van der Waals surface area contributed by atoms with E-state index in [0.717, 1.165) is 25.2 Å². The zero-order chi connectivity index (χ0) is 10.6. The lowest BCUT2D eigenvalue weighted by molar-refractivity contribution is 0.390. The number of halogens is 1. The highest BCUT2D eigenvalue weighted by Crippen LogP contribution is 2.55. The lowest BCUT2D eigenvalue weighted by Gasteiger charge is -2.23. The highest BCUT2D eigenvalue weighted by atomic mass is 19.1. The summed E-state index contributed by atoms with van der Waals surface area (Å²) in [6.07, 6.45) is 5.75. The molecule has 0 unspecified atom stereocenters. The van der Waals surface area contributed by atoms with Gasteiger partial charge in [0.05, 0.1) is 0 Å². The van der Waals surface area contributed by atoms with Crippen LogP contribution >= 0.6 is 0 Å². The molecule has 1 heterocycles. The average molecular weight is 209 g/mol. The van der Waals surface area contributed by atoms with Crippen molar-refractivity contribution in [3.63, 3.8) is 0 Å². The van der Waals surface area contributed by atoms with Crippen molar-refractivity contribution in [1.29, 1.82) is 0 Å². The first-order valence-corrected chi connectivity index (χ1v) is 5.61. The van der Waals surface area contributed by atoms with Crippen molar-refractivity contribution < 1.29 is 4.39 Å². The maximum Gasteiger partial charge on any atom is 0.188 e. The Labute approximate surface area is 88.5 Å². The fourth-order valence-corrected chi connectivity index (χ4v) is 3.37. The molecule has 0 aliphatic heterocycles. The summed E-state index contributed by atoms with van der Waals surface area (Å²) in [5.41, 5.74) is 6.27. The van der Waals surface area contributed by atoms with Gasteiger partial charge in [-0.1, -0.05) is 0 Å². The predicted octanol–water partition coefficient (Wildman–Crippen LogP) is 1.97. The van der Waals surface area contributed by atoms with Crippen LogP contribution in [0.5, 0.6) is 0 Å². The Bertz CT molecular complexity index is 402. The third kappa shape index (κ3) is 1.08. The van der Waals surface area contributed by atoms with Gasteiger partial charge in [-0.05, 0) is 38.0 Å². The van der Waals surface area contributed by atoms with E-state index in [0.29, 0.717) is 5.69 Å². The fraction of sp³-hybridized carbons (Fsp3) is 0.727. The predicted molar refractivity (Wildman–Crippen MR) is 55.8 cm³/mol. The van der Waals surface area contributed by atoms with E-state index in [2.05, 4.69) is 5.10 Å². The Kier molecular flexibility index (Phi) is 1.68. The van der Waals surface area contributed by atoms with Crippen LogP contribution in [0.4, 0.5) is 10.2 Å². The molecule has 2 N–H and O–H groups in total. The summed E-state index contributed by atoms with van der Waals surface area (Å²) in [6, 6.07) is 0. The molecule has 3 rings (SSSR count). The van der Waals surface area contributed by atoms with Crippen molar-refractivity contribution in [2.75, 3.05) is 5.73 Å². The number of nitrogens with two attached hydrogens (primary N) is 1. The van der Waals surface area contributed by atoms with Gasteiger partial charge in [-0.15, -0.1) is 0 Å². The summed E-state index contributed by atoms with van der Waals surface area (Å²) in [5.74, 6) is 0.697. The van der Waals surface area contributed by atoms with Crippen molar-refractivity contribution in [3.8, 4) is 0 Å². The van der Waals surface area contributed by atoms with Gasteiger partial charge in [0.2, 0.25) is 0 Å². The molecule has 0 saturated heterocycles. The van der Waals surface area contributed by atoms with E-state index in [1.165, 1.54) is 17.5 Å². The number of rotatable bonds is 1. The van der Waals surface area contributed by atoms with Crippen LogP contribution in [0.1, 0.15) is 37.8 Å². The van der Waals surface area contributed by atoms with Crippen LogP contribution in [0.15, 0.2) is 0 Å². The van der Waals surface area contributed by atoms with Crippen LogP contribution in [-0.4, -0.2) is 9.78 Å².